The Balaban J connectivity index is 1.52. The zero-order valence-corrected chi connectivity index (χ0v) is 22.7. The van der Waals surface area contributed by atoms with E-state index in [-0.39, 0.29) is 28.0 Å². The lowest BCUT2D eigenvalue weighted by molar-refractivity contribution is 0.313. The molecule has 12 heteroatoms. The van der Waals surface area contributed by atoms with Crippen LogP contribution in [0.15, 0.2) is 65.8 Å². The highest BCUT2D eigenvalue weighted by atomic mass is 32.2. The number of rotatable bonds is 7. The minimum absolute atomic E-state index is 0.0441. The maximum atomic E-state index is 13.0. The van der Waals surface area contributed by atoms with Crippen molar-refractivity contribution in [1.29, 1.82) is 5.26 Å². The quantitative estimate of drug-likeness (QED) is 0.372. The van der Waals surface area contributed by atoms with Crippen LogP contribution in [0.1, 0.15) is 11.1 Å². The molecule has 1 N–H and O–H groups in total. The molecule has 1 saturated heterocycles. The number of likely N-dealkylation sites (N-methyl/N-ethyl adjacent to an activating group) is 1. The van der Waals surface area contributed by atoms with Crippen molar-refractivity contribution in [2.75, 3.05) is 42.8 Å². The molecule has 0 bridgehead atoms. The average Bonchev–Trinajstić information content (AvgIpc) is 3.37. The molecule has 0 amide bonds. The summed E-state index contributed by atoms with van der Waals surface area (Å²) < 4.78 is 35.9. The summed E-state index contributed by atoms with van der Waals surface area (Å²) in [4.78, 5) is 13.3. The maximum absolute atomic E-state index is 13.0. The monoisotopic (exact) mass is 544 g/mol. The van der Waals surface area contributed by atoms with Crippen LogP contribution in [0.3, 0.4) is 0 Å². The van der Waals surface area contributed by atoms with Crippen LogP contribution < -0.4 is 14.4 Å². The molecule has 1 aliphatic rings. The van der Waals surface area contributed by atoms with E-state index in [1.807, 2.05) is 55.5 Å². The molecule has 11 nitrogen and oxygen atoms in total. The van der Waals surface area contributed by atoms with E-state index in [2.05, 4.69) is 42.7 Å². The van der Waals surface area contributed by atoms with Crippen LogP contribution >= 0.6 is 0 Å². The summed E-state index contributed by atoms with van der Waals surface area (Å²) in [5, 5.41) is 14.0. The van der Waals surface area contributed by atoms with E-state index >= 15 is 0 Å². The van der Waals surface area contributed by atoms with Crippen LogP contribution in [0.4, 0.5) is 11.6 Å². The van der Waals surface area contributed by atoms with Gasteiger partial charge in [-0.3, -0.25) is 4.68 Å². The largest absolute Gasteiger partial charge is 0.437 e. The minimum atomic E-state index is -4.04. The number of hydrogen-bond donors (Lipinski definition) is 1. The molecule has 0 spiro atoms. The highest BCUT2D eigenvalue weighted by molar-refractivity contribution is 7.92. The number of piperazine rings is 1. The fraction of sp³-hybridized carbons (Fsp3) is 0.259. The van der Waals surface area contributed by atoms with Crippen LogP contribution in [-0.2, 0) is 17.1 Å². The fourth-order valence-electron chi connectivity index (χ4n) is 4.31. The first-order chi connectivity index (χ1) is 18.7. The van der Waals surface area contributed by atoms with Gasteiger partial charge in [-0.2, -0.15) is 15.3 Å². The number of nitrogens with zero attached hydrogens (tertiary/aromatic N) is 7. The molecule has 4 aromatic rings. The second kappa shape index (κ2) is 10.7. The Kier molecular flexibility index (Phi) is 7.19. The molecule has 0 unspecified atom stereocenters. The van der Waals surface area contributed by atoms with Crippen molar-refractivity contribution < 1.29 is 13.2 Å². The van der Waals surface area contributed by atoms with Gasteiger partial charge < -0.3 is 14.5 Å². The van der Waals surface area contributed by atoms with Gasteiger partial charge in [0.1, 0.15) is 22.3 Å². The van der Waals surface area contributed by atoms with Gasteiger partial charge in [0, 0.05) is 50.7 Å². The summed E-state index contributed by atoms with van der Waals surface area (Å²) in [6.45, 7) is 5.73. The van der Waals surface area contributed by atoms with Crippen LogP contribution in [0.5, 0.6) is 11.6 Å². The van der Waals surface area contributed by atoms with Crippen molar-refractivity contribution in [3.63, 3.8) is 0 Å². The van der Waals surface area contributed by atoms with Crippen LogP contribution in [0, 0.1) is 18.3 Å². The lowest BCUT2D eigenvalue weighted by Gasteiger charge is -2.34. The van der Waals surface area contributed by atoms with Crippen molar-refractivity contribution in [3.05, 3.63) is 72.1 Å². The number of hydrogen-bond acceptors (Lipinski definition) is 9. The van der Waals surface area contributed by atoms with Crippen molar-refractivity contribution in [1.82, 2.24) is 24.6 Å². The molecule has 200 valence electrons. The fourth-order valence-corrected chi connectivity index (χ4v) is 5.24. The number of ether oxygens (including phenoxy) is 1. The summed E-state index contributed by atoms with van der Waals surface area (Å²) in [6, 6.07) is 17.1. The Morgan fingerprint density at radius 1 is 1.00 bits per heavy atom. The molecule has 1 fully saturated rings. The number of sulfonamides is 1. The van der Waals surface area contributed by atoms with E-state index in [1.54, 1.807) is 7.05 Å². The van der Waals surface area contributed by atoms with Crippen molar-refractivity contribution in [2.24, 2.45) is 7.05 Å². The third-order valence-electron chi connectivity index (χ3n) is 6.52. The molecule has 3 heterocycles. The molecule has 0 atom stereocenters. The van der Waals surface area contributed by atoms with Gasteiger partial charge in [-0.05, 0) is 43.8 Å². The third-order valence-corrected chi connectivity index (χ3v) is 7.81. The normalized spacial score (nSPS) is 14.2. The highest BCUT2D eigenvalue weighted by Gasteiger charge is 2.23. The van der Waals surface area contributed by atoms with Crippen molar-refractivity contribution >= 4 is 21.7 Å². The van der Waals surface area contributed by atoms with Gasteiger partial charge in [0.15, 0.2) is 0 Å². The Hall–Kier alpha value is -4.47. The van der Waals surface area contributed by atoms with E-state index in [0.717, 1.165) is 37.4 Å². The highest BCUT2D eigenvalue weighted by Crippen LogP contribution is 2.34. The molecule has 2 aromatic heterocycles. The number of anilines is 2. The smallest absolute Gasteiger partial charge is 0.267 e. The number of aryl methyl sites for hydroxylation is 2. The minimum Gasteiger partial charge on any atom is -0.437 e. The zero-order valence-electron chi connectivity index (χ0n) is 21.9. The number of aromatic nitrogens is 4. The first-order valence-electron chi connectivity index (χ1n) is 12.3. The SMILES string of the molecule is Cc1ccccc1-c1nc(NS(=O)(=O)c2cnn(C)c2)nc(Oc2ccc(N3CCN(C)CC3)cc2)c1C#N. The van der Waals surface area contributed by atoms with Gasteiger partial charge in [-0.25, -0.2) is 18.1 Å². The molecule has 39 heavy (non-hydrogen) atoms. The van der Waals surface area contributed by atoms with Gasteiger partial charge in [-0.1, -0.05) is 24.3 Å². The van der Waals surface area contributed by atoms with Crippen molar-refractivity contribution in [3.8, 4) is 29.0 Å². The molecule has 2 aromatic carbocycles. The standard InChI is InChI=1S/C27H28N8O3S/c1-19-6-4-5-7-23(19)25-24(16-28)26(31-27(30-25)32-39(36,37)22-17-29-34(3)18-22)38-21-10-8-20(9-11-21)35-14-12-33(2)13-15-35/h4-11,17-18H,12-15H2,1-3H3,(H,30,31,32). The zero-order chi connectivity index (χ0) is 27.6. The van der Waals surface area contributed by atoms with E-state index in [0.29, 0.717) is 11.3 Å². The predicted molar refractivity (Wildman–Crippen MR) is 147 cm³/mol. The van der Waals surface area contributed by atoms with E-state index in [9.17, 15) is 13.7 Å². The van der Waals surface area contributed by atoms with Crippen LogP contribution in [0.25, 0.3) is 11.3 Å². The van der Waals surface area contributed by atoms with Gasteiger partial charge >= 0.3 is 0 Å². The number of benzene rings is 2. The maximum Gasteiger partial charge on any atom is 0.267 e. The van der Waals surface area contributed by atoms with Crippen molar-refractivity contribution in [2.45, 2.75) is 11.8 Å². The summed E-state index contributed by atoms with van der Waals surface area (Å²) in [5.41, 5.74) is 2.95. The Morgan fingerprint density at radius 2 is 1.72 bits per heavy atom. The molecule has 0 aliphatic carbocycles. The second-order valence-electron chi connectivity index (χ2n) is 9.34. The Labute approximate surface area is 227 Å². The van der Waals surface area contributed by atoms with E-state index < -0.39 is 10.0 Å². The second-order valence-corrected chi connectivity index (χ2v) is 11.0. The predicted octanol–water partition coefficient (Wildman–Crippen LogP) is 3.40. The van der Waals surface area contributed by atoms with Gasteiger partial charge in [0.2, 0.25) is 11.8 Å². The molecule has 0 saturated carbocycles. The summed E-state index contributed by atoms with van der Waals surface area (Å²) in [7, 11) is -0.309. The molecule has 1 aliphatic heterocycles. The van der Waals surface area contributed by atoms with Crippen LogP contribution in [0.2, 0.25) is 0 Å². The van der Waals surface area contributed by atoms with Crippen LogP contribution in [-0.4, -0.2) is 66.3 Å². The Morgan fingerprint density at radius 3 is 2.36 bits per heavy atom. The molecular formula is C27H28N8O3S. The Bertz CT molecular complexity index is 1640. The van der Waals surface area contributed by atoms with Gasteiger partial charge in [0.25, 0.3) is 10.0 Å². The topological polar surface area (TPSA) is 129 Å². The average molecular weight is 545 g/mol. The lowest BCUT2D eigenvalue weighted by Crippen LogP contribution is -2.44. The molecule has 0 radical (unpaired) electrons. The third kappa shape index (κ3) is 5.69. The molecule has 5 rings (SSSR count). The summed E-state index contributed by atoms with van der Waals surface area (Å²) >= 11 is 0. The van der Waals surface area contributed by atoms with Gasteiger partial charge in [0.05, 0.1) is 11.9 Å². The number of nitriles is 1. The summed E-state index contributed by atoms with van der Waals surface area (Å²) in [6.07, 6.45) is 2.60. The molecular weight excluding hydrogens is 516 g/mol. The summed E-state index contributed by atoms with van der Waals surface area (Å²) in [5.74, 6) is 0.182. The van der Waals surface area contributed by atoms with Gasteiger partial charge in [-0.15, -0.1) is 0 Å². The number of nitrogens with one attached hydrogen (secondary N) is 1. The lowest BCUT2D eigenvalue weighted by atomic mass is 10.0. The first-order valence-corrected chi connectivity index (χ1v) is 13.8. The first kappa shape index (κ1) is 26.1. The van der Waals surface area contributed by atoms with E-state index in [4.69, 9.17) is 4.74 Å². The van der Waals surface area contributed by atoms with E-state index in [1.165, 1.54) is 17.1 Å².